The first-order valence-corrected chi connectivity index (χ1v) is 5.95. The summed E-state index contributed by atoms with van der Waals surface area (Å²) in [7, 11) is 0. The zero-order chi connectivity index (χ0) is 13.3. The monoisotopic (exact) mass is 252 g/mol. The molecule has 0 spiro atoms. The van der Waals surface area contributed by atoms with Crippen molar-refractivity contribution in [3.05, 3.63) is 11.4 Å². The molecule has 7 nitrogen and oxygen atoms in total. The Hall–Kier alpha value is -1.92. The van der Waals surface area contributed by atoms with Crippen LogP contribution in [0.2, 0.25) is 0 Å². The molecular weight excluding hydrogens is 236 g/mol. The number of aromatic nitrogens is 3. The van der Waals surface area contributed by atoms with Crippen LogP contribution in [-0.4, -0.2) is 38.0 Å². The van der Waals surface area contributed by atoms with Crippen molar-refractivity contribution in [2.45, 2.75) is 45.2 Å². The Morgan fingerprint density at radius 2 is 2.17 bits per heavy atom. The highest BCUT2D eigenvalue weighted by Gasteiger charge is 2.26. The molecule has 1 amide bonds. The lowest BCUT2D eigenvalue weighted by molar-refractivity contribution is -0.122. The molecule has 0 aromatic carbocycles. The van der Waals surface area contributed by atoms with E-state index < -0.39 is 5.97 Å². The lowest BCUT2D eigenvalue weighted by atomic mass is 10.1. The van der Waals surface area contributed by atoms with Gasteiger partial charge < -0.3 is 10.4 Å². The summed E-state index contributed by atoms with van der Waals surface area (Å²) in [4.78, 5) is 22.7. The summed E-state index contributed by atoms with van der Waals surface area (Å²) >= 11 is 0. The van der Waals surface area contributed by atoms with Gasteiger partial charge in [0.25, 0.3) is 0 Å². The van der Waals surface area contributed by atoms with Gasteiger partial charge in [0.05, 0.1) is 5.69 Å². The number of nitrogens with zero attached hydrogens (tertiary/aromatic N) is 3. The molecule has 0 radical (unpaired) electrons. The summed E-state index contributed by atoms with van der Waals surface area (Å²) in [5, 5.41) is 19.2. The van der Waals surface area contributed by atoms with E-state index in [1.165, 1.54) is 4.68 Å². The molecule has 1 fully saturated rings. The topological polar surface area (TPSA) is 97.1 Å². The number of nitrogens with one attached hydrogen (secondary N) is 1. The summed E-state index contributed by atoms with van der Waals surface area (Å²) in [6.07, 6.45) is 2.03. The number of hydrogen-bond acceptors (Lipinski definition) is 4. The molecule has 1 aromatic rings. The average molecular weight is 252 g/mol. The van der Waals surface area contributed by atoms with Gasteiger partial charge in [-0.15, -0.1) is 5.10 Å². The minimum atomic E-state index is -1.12. The Labute approximate surface area is 104 Å². The SMILES string of the molecule is CC(C)c1c(C(=O)O)nnn1CC(=O)NC1CC1. The highest BCUT2D eigenvalue weighted by atomic mass is 16.4. The molecule has 18 heavy (non-hydrogen) atoms. The smallest absolute Gasteiger partial charge is 0.358 e. The summed E-state index contributed by atoms with van der Waals surface area (Å²) in [6.45, 7) is 3.71. The van der Waals surface area contributed by atoms with E-state index in [0.717, 1.165) is 12.8 Å². The van der Waals surface area contributed by atoms with Crippen molar-refractivity contribution in [1.82, 2.24) is 20.3 Å². The van der Waals surface area contributed by atoms with Crippen LogP contribution in [-0.2, 0) is 11.3 Å². The summed E-state index contributed by atoms with van der Waals surface area (Å²) in [5.74, 6) is -1.33. The molecule has 1 aromatic heterocycles. The van der Waals surface area contributed by atoms with Crippen LogP contribution in [0, 0.1) is 0 Å². The predicted octanol–water partition coefficient (Wildman–Crippen LogP) is 0.378. The maximum atomic E-state index is 11.7. The lowest BCUT2D eigenvalue weighted by Gasteiger charge is -2.09. The summed E-state index contributed by atoms with van der Waals surface area (Å²) in [5.41, 5.74) is 0.401. The Bertz CT molecular complexity index is 477. The van der Waals surface area contributed by atoms with Crippen LogP contribution in [0.5, 0.6) is 0 Å². The molecule has 7 heteroatoms. The van der Waals surface area contributed by atoms with Crippen LogP contribution >= 0.6 is 0 Å². The van der Waals surface area contributed by atoms with Crippen molar-refractivity contribution in [2.24, 2.45) is 0 Å². The van der Waals surface area contributed by atoms with E-state index in [4.69, 9.17) is 5.11 Å². The molecule has 0 bridgehead atoms. The fourth-order valence-electron chi connectivity index (χ4n) is 1.80. The number of rotatable bonds is 5. The number of amides is 1. The molecule has 1 heterocycles. The first-order chi connectivity index (χ1) is 8.49. The number of carbonyl (C=O) groups is 2. The van der Waals surface area contributed by atoms with Crippen LogP contribution in [0.1, 0.15) is 48.8 Å². The third-order valence-corrected chi connectivity index (χ3v) is 2.76. The first kappa shape index (κ1) is 12.5. The third kappa shape index (κ3) is 2.66. The van der Waals surface area contributed by atoms with Crippen LogP contribution in [0.15, 0.2) is 0 Å². The molecule has 0 saturated heterocycles. The van der Waals surface area contributed by atoms with Crippen LogP contribution in [0.25, 0.3) is 0 Å². The standard InChI is InChI=1S/C11H16N4O3/c1-6(2)10-9(11(17)18)13-14-15(10)5-8(16)12-7-3-4-7/h6-7H,3-5H2,1-2H3,(H,12,16)(H,17,18). The van der Waals surface area contributed by atoms with Gasteiger partial charge in [-0.05, 0) is 18.8 Å². The van der Waals surface area contributed by atoms with Crippen LogP contribution < -0.4 is 5.32 Å². The maximum absolute atomic E-state index is 11.7. The normalized spacial score (nSPS) is 14.8. The highest BCUT2D eigenvalue weighted by molar-refractivity contribution is 5.87. The molecular formula is C11H16N4O3. The fourth-order valence-corrected chi connectivity index (χ4v) is 1.80. The van der Waals surface area contributed by atoms with Gasteiger partial charge in [-0.25, -0.2) is 9.48 Å². The number of hydrogen-bond donors (Lipinski definition) is 2. The Morgan fingerprint density at radius 3 is 2.67 bits per heavy atom. The van der Waals surface area contributed by atoms with Gasteiger partial charge in [0.1, 0.15) is 6.54 Å². The maximum Gasteiger partial charge on any atom is 0.358 e. The molecule has 0 aliphatic heterocycles. The minimum Gasteiger partial charge on any atom is -0.476 e. The van der Waals surface area contributed by atoms with E-state index in [9.17, 15) is 9.59 Å². The largest absolute Gasteiger partial charge is 0.476 e. The van der Waals surface area contributed by atoms with Gasteiger partial charge >= 0.3 is 5.97 Å². The van der Waals surface area contributed by atoms with E-state index in [-0.39, 0.29) is 30.1 Å². The van der Waals surface area contributed by atoms with Gasteiger partial charge in [-0.3, -0.25) is 4.79 Å². The summed E-state index contributed by atoms with van der Waals surface area (Å²) in [6, 6.07) is 0.280. The zero-order valence-electron chi connectivity index (χ0n) is 10.4. The molecule has 1 aliphatic carbocycles. The Kier molecular flexibility index (Phi) is 3.31. The van der Waals surface area contributed by atoms with Gasteiger partial charge in [0.15, 0.2) is 5.69 Å². The quantitative estimate of drug-likeness (QED) is 0.789. The summed E-state index contributed by atoms with van der Waals surface area (Å²) < 4.78 is 1.37. The van der Waals surface area contributed by atoms with Gasteiger partial charge in [-0.1, -0.05) is 19.1 Å². The average Bonchev–Trinajstić information content (AvgIpc) is 2.95. The number of carboxylic acid groups (broad SMARTS) is 1. The van der Waals surface area contributed by atoms with Crippen molar-refractivity contribution in [3.63, 3.8) is 0 Å². The Morgan fingerprint density at radius 1 is 1.50 bits per heavy atom. The van der Waals surface area contributed by atoms with Crippen molar-refractivity contribution in [3.8, 4) is 0 Å². The Balaban J connectivity index is 2.15. The second-order valence-electron chi connectivity index (χ2n) is 4.78. The van der Waals surface area contributed by atoms with Crippen LogP contribution in [0.3, 0.4) is 0 Å². The predicted molar refractivity (Wildman–Crippen MR) is 62.2 cm³/mol. The number of aromatic carboxylic acids is 1. The molecule has 0 unspecified atom stereocenters. The van der Waals surface area contributed by atoms with E-state index in [1.807, 2.05) is 13.8 Å². The van der Waals surface area contributed by atoms with E-state index in [2.05, 4.69) is 15.6 Å². The van der Waals surface area contributed by atoms with Crippen molar-refractivity contribution in [2.75, 3.05) is 0 Å². The minimum absolute atomic E-state index is 0.0181. The van der Waals surface area contributed by atoms with Crippen molar-refractivity contribution < 1.29 is 14.7 Å². The molecule has 1 aliphatic rings. The zero-order valence-corrected chi connectivity index (χ0v) is 10.4. The fraction of sp³-hybridized carbons (Fsp3) is 0.636. The van der Waals surface area contributed by atoms with Gasteiger partial charge in [0, 0.05) is 6.04 Å². The molecule has 98 valence electrons. The third-order valence-electron chi connectivity index (χ3n) is 2.76. The van der Waals surface area contributed by atoms with Crippen molar-refractivity contribution in [1.29, 1.82) is 0 Å². The highest BCUT2D eigenvalue weighted by Crippen LogP contribution is 2.19. The van der Waals surface area contributed by atoms with Crippen molar-refractivity contribution >= 4 is 11.9 Å². The van der Waals surface area contributed by atoms with E-state index in [0.29, 0.717) is 5.69 Å². The number of carbonyl (C=O) groups excluding carboxylic acids is 1. The second kappa shape index (κ2) is 4.75. The van der Waals surface area contributed by atoms with Gasteiger partial charge in [-0.2, -0.15) is 0 Å². The second-order valence-corrected chi connectivity index (χ2v) is 4.78. The molecule has 0 atom stereocenters. The van der Waals surface area contributed by atoms with Gasteiger partial charge in [0.2, 0.25) is 5.91 Å². The van der Waals surface area contributed by atoms with E-state index in [1.54, 1.807) is 0 Å². The van der Waals surface area contributed by atoms with Crippen LogP contribution in [0.4, 0.5) is 0 Å². The van der Waals surface area contributed by atoms with E-state index >= 15 is 0 Å². The first-order valence-electron chi connectivity index (χ1n) is 5.95. The number of carboxylic acids is 1. The molecule has 2 N–H and O–H groups in total. The molecule has 1 saturated carbocycles. The lowest BCUT2D eigenvalue weighted by Crippen LogP contribution is -2.30. The molecule has 2 rings (SSSR count).